The van der Waals surface area contributed by atoms with Gasteiger partial charge in [-0.25, -0.2) is 0 Å². The quantitative estimate of drug-likeness (QED) is 0.439. The van der Waals surface area contributed by atoms with Crippen molar-refractivity contribution in [2.75, 3.05) is 19.7 Å². The maximum absolute atomic E-state index is 10.7. The Morgan fingerprint density at radius 2 is 2.17 bits per heavy atom. The van der Waals surface area contributed by atoms with Crippen LogP contribution in [0.1, 0.15) is 25.3 Å². The van der Waals surface area contributed by atoms with Crippen LogP contribution < -0.4 is 10.1 Å². The summed E-state index contributed by atoms with van der Waals surface area (Å²) in [6.45, 7) is 6.49. The molecule has 1 aromatic carbocycles. The summed E-state index contributed by atoms with van der Waals surface area (Å²) in [4.78, 5) is 10.2. The normalized spacial score (nSPS) is 10.3. The molecule has 1 aromatic rings. The van der Waals surface area contributed by atoms with Gasteiger partial charge in [-0.15, -0.1) is 0 Å². The zero-order chi connectivity index (χ0) is 13.4. The lowest BCUT2D eigenvalue weighted by molar-refractivity contribution is -0.384. The van der Waals surface area contributed by atoms with Gasteiger partial charge in [-0.2, -0.15) is 0 Å². The summed E-state index contributed by atoms with van der Waals surface area (Å²) in [6.07, 6.45) is 2.01. The molecule has 0 aliphatic heterocycles. The lowest BCUT2D eigenvalue weighted by Gasteiger charge is -2.09. The van der Waals surface area contributed by atoms with Gasteiger partial charge in [0.15, 0.2) is 0 Å². The highest BCUT2D eigenvalue weighted by Crippen LogP contribution is 2.23. The van der Waals surface area contributed by atoms with Crippen molar-refractivity contribution in [1.29, 1.82) is 0 Å². The van der Waals surface area contributed by atoms with E-state index in [1.54, 1.807) is 6.07 Å². The Bertz CT molecular complexity index is 394. The van der Waals surface area contributed by atoms with Crippen molar-refractivity contribution in [1.82, 2.24) is 5.32 Å². The molecule has 0 heterocycles. The van der Waals surface area contributed by atoms with E-state index in [0.717, 1.165) is 31.5 Å². The van der Waals surface area contributed by atoms with Crippen molar-refractivity contribution >= 4 is 5.69 Å². The van der Waals surface area contributed by atoms with Crippen LogP contribution in [0.3, 0.4) is 0 Å². The van der Waals surface area contributed by atoms with Crippen LogP contribution in [0.5, 0.6) is 5.75 Å². The molecule has 0 bridgehead atoms. The van der Waals surface area contributed by atoms with E-state index in [9.17, 15) is 10.1 Å². The maximum atomic E-state index is 10.7. The predicted molar refractivity (Wildman–Crippen MR) is 71.1 cm³/mol. The van der Waals surface area contributed by atoms with E-state index in [-0.39, 0.29) is 5.69 Å². The molecule has 0 saturated carbocycles. The minimum Gasteiger partial charge on any atom is -0.493 e. The molecule has 0 radical (unpaired) electrons. The predicted octanol–water partition coefficient (Wildman–Crippen LogP) is 2.67. The number of nitro groups is 1. The van der Waals surface area contributed by atoms with Crippen molar-refractivity contribution in [2.24, 2.45) is 0 Å². The summed E-state index contributed by atoms with van der Waals surface area (Å²) >= 11 is 0. The topological polar surface area (TPSA) is 64.4 Å². The zero-order valence-electron chi connectivity index (χ0n) is 10.9. The van der Waals surface area contributed by atoms with E-state index in [4.69, 9.17) is 4.74 Å². The first-order chi connectivity index (χ1) is 8.65. The van der Waals surface area contributed by atoms with E-state index in [1.807, 2.05) is 6.92 Å². The molecule has 100 valence electrons. The molecular formula is C13H20N2O3. The van der Waals surface area contributed by atoms with Gasteiger partial charge in [0.1, 0.15) is 5.75 Å². The number of aryl methyl sites for hydroxylation is 1. The van der Waals surface area contributed by atoms with Crippen molar-refractivity contribution in [2.45, 2.75) is 26.7 Å². The number of nitrogens with zero attached hydrogens (tertiary/aromatic N) is 1. The lowest BCUT2D eigenvalue weighted by atomic mass is 10.2. The molecule has 0 aliphatic carbocycles. The van der Waals surface area contributed by atoms with Crippen LogP contribution in [-0.4, -0.2) is 24.6 Å². The van der Waals surface area contributed by atoms with Crippen LogP contribution in [-0.2, 0) is 0 Å². The van der Waals surface area contributed by atoms with Crippen LogP contribution in [0.4, 0.5) is 5.69 Å². The molecule has 5 nitrogen and oxygen atoms in total. The number of hydrogen-bond donors (Lipinski definition) is 1. The van der Waals surface area contributed by atoms with Crippen LogP contribution >= 0.6 is 0 Å². The molecule has 1 rings (SSSR count). The summed E-state index contributed by atoms with van der Waals surface area (Å²) in [5.74, 6) is 0.597. The van der Waals surface area contributed by atoms with Crippen molar-refractivity contribution in [3.05, 3.63) is 33.9 Å². The largest absolute Gasteiger partial charge is 0.493 e. The first-order valence-electron chi connectivity index (χ1n) is 6.23. The standard InChI is InChI=1S/C13H20N2O3/c1-3-7-14-8-4-9-18-13-10-12(15(16)17)6-5-11(13)2/h5-6,10,14H,3-4,7-9H2,1-2H3. The van der Waals surface area contributed by atoms with Crippen LogP contribution in [0.25, 0.3) is 0 Å². The van der Waals surface area contributed by atoms with Gasteiger partial charge in [0.2, 0.25) is 0 Å². The highest BCUT2D eigenvalue weighted by Gasteiger charge is 2.09. The number of nitro benzene ring substituents is 1. The van der Waals surface area contributed by atoms with Crippen LogP contribution in [0.15, 0.2) is 18.2 Å². The summed E-state index contributed by atoms with van der Waals surface area (Å²) in [6, 6.07) is 4.68. The number of benzene rings is 1. The van der Waals surface area contributed by atoms with Gasteiger partial charge in [0.25, 0.3) is 5.69 Å². The Hall–Kier alpha value is -1.62. The average Bonchev–Trinajstić information content (AvgIpc) is 2.35. The second-order valence-corrected chi connectivity index (χ2v) is 4.16. The Morgan fingerprint density at radius 1 is 1.39 bits per heavy atom. The third-order valence-electron chi connectivity index (χ3n) is 2.56. The van der Waals surface area contributed by atoms with Crippen LogP contribution in [0, 0.1) is 17.0 Å². The summed E-state index contributed by atoms with van der Waals surface area (Å²) in [5.41, 5.74) is 0.988. The Kier molecular flexibility index (Phi) is 6.14. The fraction of sp³-hybridized carbons (Fsp3) is 0.538. The lowest BCUT2D eigenvalue weighted by Crippen LogP contribution is -2.18. The fourth-order valence-corrected chi connectivity index (χ4v) is 1.54. The molecular weight excluding hydrogens is 232 g/mol. The zero-order valence-corrected chi connectivity index (χ0v) is 10.9. The highest BCUT2D eigenvalue weighted by atomic mass is 16.6. The van der Waals surface area contributed by atoms with Gasteiger partial charge in [-0.1, -0.05) is 6.92 Å². The molecule has 18 heavy (non-hydrogen) atoms. The number of hydrogen-bond acceptors (Lipinski definition) is 4. The van der Waals surface area contributed by atoms with Crippen LogP contribution in [0.2, 0.25) is 0 Å². The van der Waals surface area contributed by atoms with Gasteiger partial charge in [-0.3, -0.25) is 10.1 Å². The molecule has 0 aliphatic rings. The van der Waals surface area contributed by atoms with Gasteiger partial charge >= 0.3 is 0 Å². The van der Waals surface area contributed by atoms with Gasteiger partial charge in [-0.05, 0) is 44.5 Å². The molecule has 0 aromatic heterocycles. The molecule has 1 N–H and O–H groups in total. The number of ether oxygens (including phenoxy) is 1. The number of nitrogens with one attached hydrogen (secondary N) is 1. The van der Waals surface area contributed by atoms with E-state index in [0.29, 0.717) is 12.4 Å². The number of non-ortho nitro benzene ring substituents is 1. The molecule has 0 amide bonds. The first kappa shape index (κ1) is 14.4. The molecule has 0 spiro atoms. The molecule has 0 fully saturated rings. The number of rotatable bonds is 8. The summed E-state index contributed by atoms with van der Waals surface area (Å²) < 4.78 is 5.56. The van der Waals surface area contributed by atoms with Crippen molar-refractivity contribution < 1.29 is 9.66 Å². The Balaban J connectivity index is 2.41. The minimum atomic E-state index is -0.408. The summed E-state index contributed by atoms with van der Waals surface area (Å²) in [7, 11) is 0. The van der Waals surface area contributed by atoms with E-state index in [2.05, 4.69) is 12.2 Å². The third kappa shape index (κ3) is 4.71. The van der Waals surface area contributed by atoms with Gasteiger partial charge in [0.05, 0.1) is 17.6 Å². The second-order valence-electron chi connectivity index (χ2n) is 4.16. The third-order valence-corrected chi connectivity index (χ3v) is 2.56. The minimum absolute atomic E-state index is 0.0692. The smallest absolute Gasteiger partial charge is 0.273 e. The first-order valence-corrected chi connectivity index (χ1v) is 6.23. The monoisotopic (exact) mass is 252 g/mol. The molecule has 0 atom stereocenters. The second kappa shape index (κ2) is 7.66. The van der Waals surface area contributed by atoms with Gasteiger partial charge in [0, 0.05) is 6.07 Å². The van der Waals surface area contributed by atoms with E-state index in [1.165, 1.54) is 12.1 Å². The summed E-state index contributed by atoms with van der Waals surface area (Å²) in [5, 5.41) is 13.9. The van der Waals surface area contributed by atoms with E-state index >= 15 is 0 Å². The SMILES string of the molecule is CCCNCCCOc1cc([N+](=O)[O-])ccc1C. The fourth-order valence-electron chi connectivity index (χ4n) is 1.54. The molecule has 5 heteroatoms. The maximum Gasteiger partial charge on any atom is 0.273 e. The average molecular weight is 252 g/mol. The van der Waals surface area contributed by atoms with E-state index < -0.39 is 4.92 Å². The Morgan fingerprint density at radius 3 is 2.83 bits per heavy atom. The molecule has 0 unspecified atom stereocenters. The van der Waals surface area contributed by atoms with Crippen molar-refractivity contribution in [3.8, 4) is 5.75 Å². The Labute approximate surface area is 107 Å². The van der Waals surface area contributed by atoms with Gasteiger partial charge < -0.3 is 10.1 Å². The highest BCUT2D eigenvalue weighted by molar-refractivity contribution is 5.43. The molecule has 0 saturated heterocycles. The van der Waals surface area contributed by atoms with Crippen molar-refractivity contribution in [3.63, 3.8) is 0 Å².